The van der Waals surface area contributed by atoms with Gasteiger partial charge in [0, 0.05) is 17.1 Å². The van der Waals surface area contributed by atoms with Gasteiger partial charge in [-0.25, -0.2) is 0 Å². The Hall–Kier alpha value is -0.280. The summed E-state index contributed by atoms with van der Waals surface area (Å²) in [5.74, 6) is 0. The summed E-state index contributed by atoms with van der Waals surface area (Å²) in [6.07, 6.45) is 4.08. The molecule has 120 valence electrons. The highest BCUT2D eigenvalue weighted by Crippen LogP contribution is 2.31. The number of hydrogen-bond acceptors (Lipinski definition) is 2. The van der Waals surface area contributed by atoms with Gasteiger partial charge < -0.3 is 10.0 Å². The van der Waals surface area contributed by atoms with Crippen LogP contribution in [0.4, 0.5) is 0 Å². The summed E-state index contributed by atoms with van der Waals surface area (Å²) in [4.78, 5) is 2.33. The first-order valence-electron chi connectivity index (χ1n) is 7.86. The number of unbranched alkanes of at least 4 members (excludes halogenated alkanes) is 2. The molecule has 0 spiro atoms. The summed E-state index contributed by atoms with van der Waals surface area (Å²) in [5.41, 5.74) is 1.61. The van der Waals surface area contributed by atoms with Crippen molar-refractivity contribution in [2.75, 3.05) is 19.6 Å². The Kier molecular flexibility index (Phi) is 8.65. The number of aliphatic hydroxyl groups is 1. The van der Waals surface area contributed by atoms with E-state index in [4.69, 9.17) is 23.2 Å². The molecule has 0 aliphatic carbocycles. The maximum absolute atomic E-state index is 10.5. The van der Waals surface area contributed by atoms with Crippen molar-refractivity contribution < 1.29 is 5.11 Å². The van der Waals surface area contributed by atoms with Crippen molar-refractivity contribution in [3.63, 3.8) is 0 Å². The van der Waals surface area contributed by atoms with Crippen molar-refractivity contribution >= 4 is 23.2 Å². The number of nitrogens with zero attached hydrogens (tertiary/aromatic N) is 1. The molecule has 0 amide bonds. The third-order valence-corrected chi connectivity index (χ3v) is 4.71. The summed E-state index contributed by atoms with van der Waals surface area (Å²) < 4.78 is 0. The Balaban J connectivity index is 2.76. The van der Waals surface area contributed by atoms with Crippen LogP contribution in [0, 0.1) is 6.92 Å². The lowest BCUT2D eigenvalue weighted by molar-refractivity contribution is 0.111. The molecule has 0 aliphatic rings. The number of aliphatic hydroxyl groups excluding tert-OH is 1. The first-order valence-corrected chi connectivity index (χ1v) is 8.61. The number of rotatable bonds is 9. The third-order valence-electron chi connectivity index (χ3n) is 3.80. The lowest BCUT2D eigenvalue weighted by atomic mass is 10.1. The van der Waals surface area contributed by atoms with Crippen molar-refractivity contribution in [1.82, 2.24) is 4.90 Å². The molecule has 1 aromatic carbocycles. The molecule has 0 radical (unpaired) electrons. The molecule has 1 N–H and O–H groups in total. The van der Waals surface area contributed by atoms with Gasteiger partial charge in [-0.05, 0) is 44.5 Å². The van der Waals surface area contributed by atoms with E-state index < -0.39 is 6.10 Å². The molecular formula is C17H27Cl2NO. The van der Waals surface area contributed by atoms with Crippen LogP contribution in [0.5, 0.6) is 0 Å². The first kappa shape index (κ1) is 18.8. The van der Waals surface area contributed by atoms with E-state index in [1.54, 1.807) is 0 Å². The van der Waals surface area contributed by atoms with Crippen LogP contribution in [-0.4, -0.2) is 29.6 Å². The van der Waals surface area contributed by atoms with E-state index in [1.807, 2.05) is 19.1 Å². The van der Waals surface area contributed by atoms with Crippen LogP contribution in [0.3, 0.4) is 0 Å². The van der Waals surface area contributed by atoms with E-state index in [9.17, 15) is 5.11 Å². The molecule has 1 aromatic rings. The molecule has 2 nitrogen and oxygen atoms in total. The van der Waals surface area contributed by atoms with E-state index in [-0.39, 0.29) is 0 Å². The lowest BCUT2D eigenvalue weighted by Crippen LogP contribution is -2.31. The van der Waals surface area contributed by atoms with Gasteiger partial charge in [-0.2, -0.15) is 0 Å². The molecule has 0 bridgehead atoms. The fraction of sp³-hybridized carbons (Fsp3) is 0.647. The predicted octanol–water partition coefficient (Wildman–Crippen LogP) is 5.24. The smallest absolute Gasteiger partial charge is 0.0931 e. The van der Waals surface area contributed by atoms with Crippen LogP contribution in [-0.2, 0) is 0 Å². The number of benzene rings is 1. The van der Waals surface area contributed by atoms with Crippen LogP contribution < -0.4 is 0 Å². The Labute approximate surface area is 139 Å². The SMILES string of the molecule is CCCCN(CCCC)C[C@@H](O)c1ccc(Cl)c(C)c1Cl. The summed E-state index contributed by atoms with van der Waals surface area (Å²) in [6, 6.07) is 3.64. The zero-order valence-electron chi connectivity index (χ0n) is 13.3. The van der Waals surface area contributed by atoms with Gasteiger partial charge in [0.15, 0.2) is 0 Å². The number of halogens is 2. The second-order valence-electron chi connectivity index (χ2n) is 5.60. The summed E-state index contributed by atoms with van der Waals surface area (Å²) in [7, 11) is 0. The van der Waals surface area contributed by atoms with Crippen molar-refractivity contribution in [3.05, 3.63) is 33.3 Å². The quantitative estimate of drug-likeness (QED) is 0.669. The van der Waals surface area contributed by atoms with Crippen molar-refractivity contribution in [3.8, 4) is 0 Å². The van der Waals surface area contributed by atoms with Gasteiger partial charge in [-0.15, -0.1) is 0 Å². The fourth-order valence-corrected chi connectivity index (χ4v) is 2.84. The van der Waals surface area contributed by atoms with E-state index >= 15 is 0 Å². The summed E-state index contributed by atoms with van der Waals surface area (Å²) >= 11 is 12.4. The minimum atomic E-state index is -0.567. The van der Waals surface area contributed by atoms with Crippen molar-refractivity contribution in [2.45, 2.75) is 52.6 Å². The highest BCUT2D eigenvalue weighted by molar-refractivity contribution is 6.36. The molecule has 0 unspecified atom stereocenters. The standard InChI is InChI=1S/C17H27Cl2NO/c1-4-6-10-20(11-7-5-2)12-16(21)14-8-9-15(18)13(3)17(14)19/h8-9,16,21H,4-7,10-12H2,1-3H3/t16-/m1/s1. The summed E-state index contributed by atoms with van der Waals surface area (Å²) in [6.45, 7) is 8.94. The topological polar surface area (TPSA) is 23.5 Å². The highest BCUT2D eigenvalue weighted by Gasteiger charge is 2.17. The Morgan fingerprint density at radius 2 is 1.67 bits per heavy atom. The van der Waals surface area contributed by atoms with E-state index in [1.165, 1.54) is 12.8 Å². The van der Waals surface area contributed by atoms with Gasteiger partial charge in [-0.1, -0.05) is 56.0 Å². The molecule has 4 heteroatoms. The molecular weight excluding hydrogens is 305 g/mol. The van der Waals surface area contributed by atoms with Gasteiger partial charge in [-0.3, -0.25) is 0 Å². The molecule has 0 saturated heterocycles. The Morgan fingerprint density at radius 3 is 2.19 bits per heavy atom. The minimum Gasteiger partial charge on any atom is -0.387 e. The molecule has 21 heavy (non-hydrogen) atoms. The molecule has 0 saturated carbocycles. The number of hydrogen-bond donors (Lipinski definition) is 1. The lowest BCUT2D eigenvalue weighted by Gasteiger charge is -2.25. The Bertz CT molecular complexity index is 429. The van der Waals surface area contributed by atoms with Gasteiger partial charge in [0.2, 0.25) is 0 Å². The monoisotopic (exact) mass is 331 g/mol. The maximum Gasteiger partial charge on any atom is 0.0931 e. The average Bonchev–Trinajstić information content (AvgIpc) is 2.47. The van der Waals surface area contributed by atoms with Crippen LogP contribution >= 0.6 is 23.2 Å². The van der Waals surface area contributed by atoms with Gasteiger partial charge in [0.25, 0.3) is 0 Å². The molecule has 1 atom stereocenters. The van der Waals surface area contributed by atoms with Crippen LogP contribution in [0.15, 0.2) is 12.1 Å². The maximum atomic E-state index is 10.5. The first-order chi connectivity index (χ1) is 10.0. The van der Waals surface area contributed by atoms with E-state index in [2.05, 4.69) is 18.7 Å². The van der Waals surface area contributed by atoms with Crippen LogP contribution in [0.25, 0.3) is 0 Å². The van der Waals surface area contributed by atoms with E-state index in [0.29, 0.717) is 16.6 Å². The molecule has 0 heterocycles. The zero-order valence-corrected chi connectivity index (χ0v) is 14.8. The van der Waals surface area contributed by atoms with Crippen molar-refractivity contribution in [1.29, 1.82) is 0 Å². The van der Waals surface area contributed by atoms with Gasteiger partial charge >= 0.3 is 0 Å². The van der Waals surface area contributed by atoms with Crippen LogP contribution in [0.2, 0.25) is 10.0 Å². The van der Waals surface area contributed by atoms with Gasteiger partial charge in [0.05, 0.1) is 11.1 Å². The molecule has 0 aliphatic heterocycles. The average molecular weight is 332 g/mol. The Morgan fingerprint density at radius 1 is 1.10 bits per heavy atom. The summed E-state index contributed by atoms with van der Waals surface area (Å²) in [5, 5.41) is 11.7. The zero-order chi connectivity index (χ0) is 15.8. The largest absolute Gasteiger partial charge is 0.387 e. The molecule has 1 rings (SSSR count). The molecule has 0 aromatic heterocycles. The fourth-order valence-electron chi connectivity index (χ4n) is 2.34. The second kappa shape index (κ2) is 9.68. The highest BCUT2D eigenvalue weighted by atomic mass is 35.5. The normalized spacial score (nSPS) is 12.9. The van der Waals surface area contributed by atoms with E-state index in [0.717, 1.165) is 37.1 Å². The third kappa shape index (κ3) is 5.78. The second-order valence-corrected chi connectivity index (χ2v) is 6.38. The van der Waals surface area contributed by atoms with Crippen LogP contribution in [0.1, 0.15) is 56.8 Å². The predicted molar refractivity (Wildman–Crippen MR) is 92.4 cm³/mol. The van der Waals surface area contributed by atoms with Crippen molar-refractivity contribution in [2.24, 2.45) is 0 Å². The minimum absolute atomic E-state index is 0.567. The van der Waals surface area contributed by atoms with Gasteiger partial charge in [0.1, 0.15) is 0 Å². The molecule has 0 fully saturated rings.